The van der Waals surface area contributed by atoms with Gasteiger partial charge in [-0.25, -0.2) is 0 Å². The molecule has 0 aromatic carbocycles. The lowest BCUT2D eigenvalue weighted by Gasteiger charge is -2.24. The zero-order valence-electron chi connectivity index (χ0n) is 19.3. The van der Waals surface area contributed by atoms with Gasteiger partial charge in [0.15, 0.2) is 5.96 Å². The number of hydrogen-bond donors (Lipinski definition) is 7. The predicted octanol–water partition coefficient (Wildman–Crippen LogP) is -0.869. The van der Waals surface area contributed by atoms with Crippen molar-refractivity contribution in [1.82, 2.24) is 10.6 Å². The summed E-state index contributed by atoms with van der Waals surface area (Å²) in [4.78, 5) is 41.1. The van der Waals surface area contributed by atoms with Crippen LogP contribution in [-0.2, 0) is 14.4 Å². The molecular formula is C19H40N8O3S2. The number of guanidine groups is 1. The average Bonchev–Trinajstić information content (AvgIpc) is 2.67. The molecule has 0 heterocycles. The highest BCUT2D eigenvalue weighted by Gasteiger charge is 2.28. The largest absolute Gasteiger partial charge is 0.370 e. The molecular weight excluding hydrogens is 452 g/mol. The average molecular weight is 493 g/mol. The molecule has 0 saturated carbocycles. The number of carbonyl (C=O) groups is 3. The molecule has 186 valence electrons. The first-order valence-electron chi connectivity index (χ1n) is 10.6. The van der Waals surface area contributed by atoms with Crippen LogP contribution in [0.3, 0.4) is 0 Å². The van der Waals surface area contributed by atoms with Gasteiger partial charge in [0.05, 0.1) is 6.04 Å². The SMILES string of the molecule is CC(C)(C)SSC[C@H](NC(=O)[C@@H](N)CCCCN)C(=O)N[C@@H](CCCN=C(N)N)C(N)=O. The second-order valence-corrected chi connectivity index (χ2v) is 11.5. The van der Waals surface area contributed by atoms with Crippen LogP contribution in [0.2, 0.25) is 0 Å². The Morgan fingerprint density at radius 2 is 1.56 bits per heavy atom. The van der Waals surface area contributed by atoms with E-state index in [0.717, 1.165) is 12.8 Å². The minimum absolute atomic E-state index is 0.0323. The van der Waals surface area contributed by atoms with E-state index in [0.29, 0.717) is 31.7 Å². The third-order valence-electron chi connectivity index (χ3n) is 4.09. The van der Waals surface area contributed by atoms with Gasteiger partial charge in [-0.05, 0) is 32.2 Å². The number of hydrogen-bond acceptors (Lipinski definition) is 8. The molecule has 0 unspecified atom stereocenters. The Kier molecular flexibility index (Phi) is 15.1. The molecule has 0 aliphatic carbocycles. The molecule has 3 amide bonds. The maximum Gasteiger partial charge on any atom is 0.244 e. The Morgan fingerprint density at radius 3 is 2.09 bits per heavy atom. The van der Waals surface area contributed by atoms with Gasteiger partial charge in [0, 0.05) is 17.0 Å². The molecule has 0 spiro atoms. The number of aliphatic imine (C=N–C) groups is 1. The molecule has 0 aromatic heterocycles. The van der Waals surface area contributed by atoms with Crippen molar-refractivity contribution in [1.29, 1.82) is 0 Å². The Hall–Kier alpha value is -1.70. The molecule has 11 nitrogen and oxygen atoms in total. The summed E-state index contributed by atoms with van der Waals surface area (Å²) in [5.41, 5.74) is 27.4. The molecule has 13 heteroatoms. The molecule has 32 heavy (non-hydrogen) atoms. The van der Waals surface area contributed by atoms with Gasteiger partial charge >= 0.3 is 0 Å². The molecule has 3 atom stereocenters. The van der Waals surface area contributed by atoms with Gasteiger partial charge in [0.2, 0.25) is 17.7 Å². The number of nitrogens with two attached hydrogens (primary N) is 5. The van der Waals surface area contributed by atoms with Crippen molar-refractivity contribution in [3.8, 4) is 0 Å². The number of amides is 3. The van der Waals surface area contributed by atoms with Crippen molar-refractivity contribution in [3.05, 3.63) is 0 Å². The summed E-state index contributed by atoms with van der Waals surface area (Å²) < 4.78 is -0.0323. The number of primary amides is 1. The highest BCUT2D eigenvalue weighted by atomic mass is 33.1. The van der Waals surface area contributed by atoms with E-state index in [1.165, 1.54) is 10.8 Å². The van der Waals surface area contributed by atoms with E-state index in [-0.39, 0.29) is 17.1 Å². The zero-order chi connectivity index (χ0) is 24.7. The van der Waals surface area contributed by atoms with Crippen LogP contribution >= 0.6 is 21.6 Å². The van der Waals surface area contributed by atoms with Crippen LogP contribution in [0.25, 0.3) is 0 Å². The van der Waals surface area contributed by atoms with Gasteiger partial charge in [-0.1, -0.05) is 48.8 Å². The van der Waals surface area contributed by atoms with Crippen molar-refractivity contribution >= 4 is 45.3 Å². The smallest absolute Gasteiger partial charge is 0.244 e. The second-order valence-electron chi connectivity index (χ2n) is 8.34. The number of nitrogens with zero attached hydrogens (tertiary/aromatic N) is 1. The summed E-state index contributed by atoms with van der Waals surface area (Å²) >= 11 is 0. The molecule has 0 aromatic rings. The third kappa shape index (κ3) is 15.2. The fraction of sp³-hybridized carbons (Fsp3) is 0.789. The van der Waals surface area contributed by atoms with E-state index in [2.05, 4.69) is 15.6 Å². The summed E-state index contributed by atoms with van der Waals surface area (Å²) in [5, 5.41) is 5.34. The van der Waals surface area contributed by atoms with Crippen LogP contribution in [0.5, 0.6) is 0 Å². The van der Waals surface area contributed by atoms with Gasteiger partial charge in [-0.3, -0.25) is 19.4 Å². The quantitative estimate of drug-likeness (QED) is 0.0615. The number of nitrogens with one attached hydrogen (secondary N) is 2. The summed E-state index contributed by atoms with van der Waals surface area (Å²) in [6, 6.07) is -2.53. The van der Waals surface area contributed by atoms with Crippen LogP contribution < -0.4 is 39.3 Å². The van der Waals surface area contributed by atoms with Crippen LogP contribution in [0.1, 0.15) is 52.9 Å². The van der Waals surface area contributed by atoms with Gasteiger partial charge in [0.1, 0.15) is 12.1 Å². The third-order valence-corrected chi connectivity index (χ3v) is 7.44. The Bertz CT molecular complexity index is 624. The van der Waals surface area contributed by atoms with Gasteiger partial charge in [0.25, 0.3) is 0 Å². The van der Waals surface area contributed by atoms with E-state index in [4.69, 9.17) is 28.7 Å². The molecule has 0 radical (unpaired) electrons. The van der Waals surface area contributed by atoms with E-state index >= 15 is 0 Å². The highest BCUT2D eigenvalue weighted by molar-refractivity contribution is 8.77. The van der Waals surface area contributed by atoms with E-state index in [1.807, 2.05) is 20.8 Å². The first kappa shape index (κ1) is 30.3. The molecule has 0 fully saturated rings. The van der Waals surface area contributed by atoms with Crippen LogP contribution in [0.4, 0.5) is 0 Å². The lowest BCUT2D eigenvalue weighted by molar-refractivity contribution is -0.131. The molecule has 0 saturated heterocycles. The summed E-state index contributed by atoms with van der Waals surface area (Å²) in [6.45, 7) is 6.97. The van der Waals surface area contributed by atoms with E-state index in [9.17, 15) is 14.4 Å². The number of carbonyl (C=O) groups excluding carboxylic acids is 3. The summed E-state index contributed by atoms with van der Waals surface area (Å²) in [5.74, 6) is -1.35. The molecule has 0 aliphatic rings. The lowest BCUT2D eigenvalue weighted by atomic mass is 10.1. The van der Waals surface area contributed by atoms with E-state index < -0.39 is 35.8 Å². The normalized spacial score (nSPS) is 14.2. The Morgan fingerprint density at radius 1 is 0.938 bits per heavy atom. The molecule has 0 bridgehead atoms. The van der Waals surface area contributed by atoms with E-state index in [1.54, 1.807) is 10.8 Å². The Balaban J connectivity index is 5.09. The molecule has 0 aliphatic heterocycles. The van der Waals surface area contributed by atoms with Gasteiger partial charge in [-0.15, -0.1) is 0 Å². The fourth-order valence-corrected chi connectivity index (χ4v) is 4.91. The topological polar surface area (TPSA) is 218 Å². The maximum absolute atomic E-state index is 12.9. The first-order chi connectivity index (χ1) is 14.9. The van der Waals surface area contributed by atoms with Crippen molar-refractivity contribution in [2.45, 2.75) is 75.7 Å². The maximum atomic E-state index is 12.9. The standard InChI is InChI=1S/C19H40N8O3S2/c1-19(2,3)32-31-11-14(27-16(29)12(21)7-4-5-9-20)17(30)26-13(15(22)28)8-6-10-25-18(23)24/h12-14H,4-11,20-21H2,1-3H3,(H2,22,28)(H,26,30)(H,27,29)(H4,23,24,25)/t12-,13-,14-/m0/s1. The lowest BCUT2D eigenvalue weighted by Crippen LogP contribution is -2.56. The van der Waals surface area contributed by atoms with Gasteiger partial charge in [-0.2, -0.15) is 0 Å². The zero-order valence-corrected chi connectivity index (χ0v) is 20.9. The minimum atomic E-state index is -0.908. The monoisotopic (exact) mass is 492 g/mol. The van der Waals surface area contributed by atoms with Crippen LogP contribution in [0.15, 0.2) is 4.99 Å². The minimum Gasteiger partial charge on any atom is -0.370 e. The van der Waals surface area contributed by atoms with Gasteiger partial charge < -0.3 is 39.3 Å². The highest BCUT2D eigenvalue weighted by Crippen LogP contribution is 2.35. The molecule has 0 rings (SSSR count). The van der Waals surface area contributed by atoms with Crippen LogP contribution in [0, 0.1) is 0 Å². The fourth-order valence-electron chi connectivity index (χ4n) is 2.44. The van der Waals surface area contributed by atoms with Crippen LogP contribution in [-0.4, -0.2) is 65.4 Å². The van der Waals surface area contributed by atoms with Crippen molar-refractivity contribution in [2.24, 2.45) is 33.7 Å². The second kappa shape index (κ2) is 16.0. The van der Waals surface area contributed by atoms with Crippen molar-refractivity contribution in [3.63, 3.8) is 0 Å². The molecule has 12 N–H and O–H groups in total. The summed E-state index contributed by atoms with van der Waals surface area (Å²) in [6.07, 6.45) is 2.67. The summed E-state index contributed by atoms with van der Waals surface area (Å²) in [7, 11) is 3.04. The Labute approximate surface area is 198 Å². The first-order valence-corrected chi connectivity index (χ1v) is 12.9. The van der Waals surface area contributed by atoms with Crippen molar-refractivity contribution in [2.75, 3.05) is 18.8 Å². The predicted molar refractivity (Wildman–Crippen MR) is 134 cm³/mol. The number of rotatable bonds is 16. The van der Waals surface area contributed by atoms with Crippen molar-refractivity contribution < 1.29 is 14.4 Å². The number of unbranched alkanes of at least 4 members (excludes halogenated alkanes) is 1.